The molecule has 0 aliphatic rings. The first kappa shape index (κ1) is 18.9. The molecule has 0 heterocycles. The minimum Gasteiger partial charge on any atom is -0.319 e. The second-order valence-corrected chi connectivity index (χ2v) is 8.89. The standard InChI is InChI=1S/C16H27N2O3P/c1-14(16(19)18-20)17-12-8-3-4-9-13-22(2,21)15-10-6-5-7-11-15/h5-7,10-11,14,17,20H,3-4,8-9,12-13H2,1-2H3,(H,18,19)/t14-,22-/m1/s1. The predicted molar refractivity (Wildman–Crippen MR) is 90.3 cm³/mol. The van der Waals surface area contributed by atoms with E-state index in [2.05, 4.69) is 5.32 Å². The number of carbonyl (C=O) groups is 1. The van der Waals surface area contributed by atoms with Crippen molar-refractivity contribution in [2.75, 3.05) is 19.4 Å². The highest BCUT2D eigenvalue weighted by atomic mass is 31.2. The Kier molecular flexibility index (Phi) is 8.39. The number of unbranched alkanes of at least 4 members (excludes halogenated alkanes) is 3. The summed E-state index contributed by atoms with van der Waals surface area (Å²) in [7, 11) is -2.23. The van der Waals surface area contributed by atoms with E-state index in [4.69, 9.17) is 5.21 Å². The molecule has 3 N–H and O–H groups in total. The van der Waals surface area contributed by atoms with Crippen molar-refractivity contribution in [1.29, 1.82) is 0 Å². The van der Waals surface area contributed by atoms with Gasteiger partial charge in [0, 0.05) is 11.5 Å². The molecule has 1 rings (SSSR count). The maximum Gasteiger partial charge on any atom is 0.260 e. The van der Waals surface area contributed by atoms with Gasteiger partial charge in [-0.2, -0.15) is 0 Å². The first-order valence-electron chi connectivity index (χ1n) is 7.77. The lowest BCUT2D eigenvalue weighted by molar-refractivity contribution is -0.130. The molecular formula is C16H27N2O3P. The number of amides is 1. The quantitative estimate of drug-likeness (QED) is 0.267. The van der Waals surface area contributed by atoms with Gasteiger partial charge in [-0.05, 0) is 33.0 Å². The Hall–Kier alpha value is -1.16. The molecule has 0 fully saturated rings. The van der Waals surface area contributed by atoms with E-state index in [-0.39, 0.29) is 6.04 Å². The zero-order valence-corrected chi connectivity index (χ0v) is 14.3. The molecule has 22 heavy (non-hydrogen) atoms. The van der Waals surface area contributed by atoms with Crippen molar-refractivity contribution in [2.24, 2.45) is 0 Å². The summed E-state index contributed by atoms with van der Waals surface area (Å²) in [6.45, 7) is 4.30. The third kappa shape index (κ3) is 6.73. The molecule has 0 radical (unpaired) electrons. The predicted octanol–water partition coefficient (Wildman–Crippen LogP) is 2.35. The van der Waals surface area contributed by atoms with Crippen molar-refractivity contribution in [2.45, 2.75) is 38.6 Å². The Balaban J connectivity index is 2.13. The van der Waals surface area contributed by atoms with Crippen LogP contribution in [-0.4, -0.2) is 36.5 Å². The van der Waals surface area contributed by atoms with Gasteiger partial charge in [-0.25, -0.2) is 5.48 Å². The number of hydroxylamine groups is 1. The van der Waals surface area contributed by atoms with E-state index in [1.54, 1.807) is 12.4 Å². The van der Waals surface area contributed by atoms with Gasteiger partial charge in [-0.3, -0.25) is 10.0 Å². The fourth-order valence-electron chi connectivity index (χ4n) is 2.27. The van der Waals surface area contributed by atoms with E-state index in [1.807, 2.05) is 37.0 Å². The minimum atomic E-state index is -2.23. The highest BCUT2D eigenvalue weighted by molar-refractivity contribution is 7.70. The summed E-state index contributed by atoms with van der Waals surface area (Å²) in [4.78, 5) is 11.1. The van der Waals surface area contributed by atoms with E-state index in [0.29, 0.717) is 0 Å². The Bertz CT molecular complexity index is 493. The number of hydrogen-bond donors (Lipinski definition) is 3. The van der Waals surface area contributed by atoms with E-state index in [1.165, 1.54) is 0 Å². The SMILES string of the molecule is C[C@@H](NCCCCCC[P@@](C)(=O)c1ccccc1)C(=O)NO. The highest BCUT2D eigenvalue weighted by Crippen LogP contribution is 2.40. The van der Waals surface area contributed by atoms with Gasteiger partial charge in [-0.15, -0.1) is 0 Å². The van der Waals surface area contributed by atoms with Gasteiger partial charge >= 0.3 is 0 Å². The molecule has 0 aromatic heterocycles. The third-order valence-corrected chi connectivity index (χ3v) is 6.33. The fraction of sp³-hybridized carbons (Fsp3) is 0.562. The van der Waals surface area contributed by atoms with Crippen LogP contribution in [0.25, 0.3) is 0 Å². The smallest absolute Gasteiger partial charge is 0.260 e. The molecule has 2 atom stereocenters. The third-order valence-electron chi connectivity index (χ3n) is 3.77. The zero-order chi connectivity index (χ0) is 16.4. The van der Waals surface area contributed by atoms with E-state index in [0.717, 1.165) is 43.7 Å². The average molecular weight is 326 g/mol. The van der Waals surface area contributed by atoms with Crippen molar-refractivity contribution >= 4 is 18.4 Å². The fourth-order valence-corrected chi connectivity index (χ4v) is 4.16. The van der Waals surface area contributed by atoms with Gasteiger partial charge in [0.25, 0.3) is 5.91 Å². The topological polar surface area (TPSA) is 78.4 Å². The molecule has 0 spiro atoms. The number of carbonyl (C=O) groups excluding carboxylic acids is 1. The van der Waals surface area contributed by atoms with Crippen molar-refractivity contribution in [3.63, 3.8) is 0 Å². The first-order chi connectivity index (χ1) is 10.5. The lowest BCUT2D eigenvalue weighted by atomic mass is 10.2. The molecule has 0 saturated heterocycles. The van der Waals surface area contributed by atoms with Crippen LogP contribution in [0.4, 0.5) is 0 Å². The Morgan fingerprint density at radius 2 is 1.82 bits per heavy atom. The van der Waals surface area contributed by atoms with Gasteiger partial charge in [0.05, 0.1) is 6.04 Å². The highest BCUT2D eigenvalue weighted by Gasteiger charge is 2.16. The number of rotatable bonds is 10. The monoisotopic (exact) mass is 326 g/mol. The summed E-state index contributed by atoms with van der Waals surface area (Å²) < 4.78 is 12.6. The van der Waals surface area contributed by atoms with Crippen LogP contribution in [0.2, 0.25) is 0 Å². The largest absolute Gasteiger partial charge is 0.319 e. The molecular weight excluding hydrogens is 299 g/mol. The summed E-state index contributed by atoms with van der Waals surface area (Å²) in [5, 5.41) is 12.5. The maximum absolute atomic E-state index is 12.6. The first-order valence-corrected chi connectivity index (χ1v) is 10.1. The van der Waals surface area contributed by atoms with E-state index >= 15 is 0 Å². The van der Waals surface area contributed by atoms with Crippen molar-refractivity contribution in [3.05, 3.63) is 30.3 Å². The summed E-state index contributed by atoms with van der Waals surface area (Å²) in [5.41, 5.74) is 1.63. The summed E-state index contributed by atoms with van der Waals surface area (Å²) in [5.74, 6) is -0.421. The summed E-state index contributed by atoms with van der Waals surface area (Å²) in [6, 6.07) is 9.30. The molecule has 1 amide bonds. The molecule has 6 heteroatoms. The van der Waals surface area contributed by atoms with Crippen LogP contribution in [0.5, 0.6) is 0 Å². The maximum atomic E-state index is 12.6. The molecule has 0 aliphatic carbocycles. The van der Waals surface area contributed by atoms with Crippen LogP contribution in [-0.2, 0) is 9.36 Å². The van der Waals surface area contributed by atoms with Crippen molar-refractivity contribution in [1.82, 2.24) is 10.8 Å². The van der Waals surface area contributed by atoms with Gasteiger partial charge in [0.15, 0.2) is 0 Å². The number of benzene rings is 1. The van der Waals surface area contributed by atoms with Crippen LogP contribution in [0.15, 0.2) is 30.3 Å². The van der Waals surface area contributed by atoms with Crippen molar-refractivity contribution in [3.8, 4) is 0 Å². The van der Waals surface area contributed by atoms with E-state index in [9.17, 15) is 9.36 Å². The van der Waals surface area contributed by atoms with Gasteiger partial charge in [0.1, 0.15) is 7.14 Å². The second-order valence-electron chi connectivity index (χ2n) is 5.73. The lowest BCUT2D eigenvalue weighted by Crippen LogP contribution is -2.41. The molecule has 1 aromatic rings. The van der Waals surface area contributed by atoms with Gasteiger partial charge in [0.2, 0.25) is 0 Å². The second kappa shape index (κ2) is 9.78. The van der Waals surface area contributed by atoms with E-state index < -0.39 is 13.0 Å². The zero-order valence-electron chi connectivity index (χ0n) is 13.4. The summed E-state index contributed by atoms with van der Waals surface area (Å²) >= 11 is 0. The van der Waals surface area contributed by atoms with Crippen molar-refractivity contribution < 1.29 is 14.6 Å². The molecule has 0 unspecified atom stereocenters. The average Bonchev–Trinajstić information content (AvgIpc) is 2.53. The Labute approximate surface area is 132 Å². The Morgan fingerprint density at radius 1 is 1.18 bits per heavy atom. The molecule has 0 bridgehead atoms. The Morgan fingerprint density at radius 3 is 2.45 bits per heavy atom. The number of hydrogen-bond acceptors (Lipinski definition) is 4. The van der Waals surface area contributed by atoms with Gasteiger partial charge in [-0.1, -0.05) is 43.2 Å². The molecule has 124 valence electrons. The molecule has 5 nitrogen and oxygen atoms in total. The minimum absolute atomic E-state index is 0.390. The van der Waals surface area contributed by atoms with Gasteiger partial charge < -0.3 is 9.88 Å². The van der Waals surface area contributed by atoms with Crippen LogP contribution < -0.4 is 16.1 Å². The summed E-state index contributed by atoms with van der Waals surface area (Å²) in [6.07, 6.45) is 4.73. The molecule has 0 saturated carbocycles. The normalized spacial score (nSPS) is 15.0. The number of nitrogens with one attached hydrogen (secondary N) is 2. The van der Waals surface area contributed by atoms with Crippen LogP contribution >= 0.6 is 7.14 Å². The van der Waals surface area contributed by atoms with Crippen LogP contribution in [0.3, 0.4) is 0 Å². The molecule has 0 aliphatic heterocycles. The lowest BCUT2D eigenvalue weighted by Gasteiger charge is -2.13. The van der Waals surface area contributed by atoms with Crippen LogP contribution in [0, 0.1) is 0 Å². The molecule has 1 aromatic carbocycles. The van der Waals surface area contributed by atoms with Crippen LogP contribution in [0.1, 0.15) is 32.6 Å².